The summed E-state index contributed by atoms with van der Waals surface area (Å²) in [6.07, 6.45) is 5.44. The molecule has 3 nitrogen and oxygen atoms in total. The van der Waals surface area contributed by atoms with E-state index in [0.29, 0.717) is 12.1 Å². The van der Waals surface area contributed by atoms with Crippen molar-refractivity contribution in [3.05, 3.63) is 35.4 Å². The average Bonchev–Trinajstić information content (AvgIpc) is 2.49. The number of nitrogens with zero attached hydrogens (tertiary/aromatic N) is 1. The van der Waals surface area contributed by atoms with Crippen LogP contribution in [0.4, 0.5) is 0 Å². The molecule has 0 heterocycles. The van der Waals surface area contributed by atoms with E-state index in [9.17, 15) is 5.11 Å². The van der Waals surface area contributed by atoms with Crippen LogP contribution in [0.25, 0.3) is 0 Å². The highest BCUT2D eigenvalue weighted by Crippen LogP contribution is 2.25. The van der Waals surface area contributed by atoms with E-state index in [0.717, 1.165) is 25.8 Å². The van der Waals surface area contributed by atoms with Gasteiger partial charge < -0.3 is 15.3 Å². The molecule has 1 aliphatic rings. The fraction of sp³-hybridized carbons (Fsp3) is 0.667. The van der Waals surface area contributed by atoms with Crippen LogP contribution in [0.2, 0.25) is 0 Å². The molecule has 3 atom stereocenters. The number of aliphatic hydroxyl groups is 1. The van der Waals surface area contributed by atoms with E-state index in [1.807, 2.05) is 7.05 Å². The van der Waals surface area contributed by atoms with Crippen molar-refractivity contribution in [2.24, 2.45) is 0 Å². The average molecular weight is 290 g/mol. The zero-order valence-electron chi connectivity index (χ0n) is 13.7. The summed E-state index contributed by atoms with van der Waals surface area (Å²) in [4.78, 5) is 2.35. The first-order chi connectivity index (χ1) is 10.1. The molecule has 118 valence electrons. The first-order valence-electron chi connectivity index (χ1n) is 8.24. The Morgan fingerprint density at radius 2 is 2.00 bits per heavy atom. The van der Waals surface area contributed by atoms with Crippen LogP contribution in [-0.4, -0.2) is 42.8 Å². The molecule has 1 aromatic carbocycles. The van der Waals surface area contributed by atoms with Crippen LogP contribution in [0, 0.1) is 6.92 Å². The molecule has 1 saturated carbocycles. The second kappa shape index (κ2) is 7.92. The van der Waals surface area contributed by atoms with Gasteiger partial charge in [0, 0.05) is 18.6 Å². The van der Waals surface area contributed by atoms with Crippen LogP contribution in [0.1, 0.15) is 49.3 Å². The largest absolute Gasteiger partial charge is 0.391 e. The molecule has 0 amide bonds. The molecular formula is C18H30N2O. The molecular weight excluding hydrogens is 260 g/mol. The van der Waals surface area contributed by atoms with Crippen LogP contribution in [0.15, 0.2) is 24.3 Å². The summed E-state index contributed by atoms with van der Waals surface area (Å²) in [6, 6.07) is 9.32. The molecule has 0 bridgehead atoms. The monoisotopic (exact) mass is 290 g/mol. The molecule has 2 N–H and O–H groups in total. The predicted molar refractivity (Wildman–Crippen MR) is 88.5 cm³/mol. The molecule has 0 aromatic heterocycles. The summed E-state index contributed by atoms with van der Waals surface area (Å²) in [5, 5.41) is 13.6. The minimum absolute atomic E-state index is 0.143. The molecule has 3 heteroatoms. The quantitative estimate of drug-likeness (QED) is 0.845. The summed E-state index contributed by atoms with van der Waals surface area (Å²) < 4.78 is 0. The third-order valence-electron chi connectivity index (χ3n) is 4.94. The summed E-state index contributed by atoms with van der Waals surface area (Å²) in [5.41, 5.74) is 2.73. The Morgan fingerprint density at radius 1 is 1.29 bits per heavy atom. The van der Waals surface area contributed by atoms with Crippen LogP contribution in [-0.2, 0) is 0 Å². The Bertz CT molecular complexity index is 435. The molecule has 1 fully saturated rings. The smallest absolute Gasteiger partial charge is 0.0695 e. The number of nitrogens with one attached hydrogen (secondary N) is 1. The Morgan fingerprint density at radius 3 is 2.67 bits per heavy atom. The molecule has 0 radical (unpaired) electrons. The number of benzene rings is 1. The standard InChI is InChI=1S/C18H30N2O/c1-14-8-4-5-9-15(14)16(19-2)12-13-20(3)17-10-6-7-11-18(17)21/h4-5,8-9,16-19,21H,6-7,10-13H2,1-3H3. The molecule has 0 saturated heterocycles. The van der Waals surface area contributed by atoms with Gasteiger partial charge in [-0.1, -0.05) is 37.1 Å². The van der Waals surface area contributed by atoms with Crippen molar-refractivity contribution in [3.8, 4) is 0 Å². The topological polar surface area (TPSA) is 35.5 Å². The van der Waals surface area contributed by atoms with Crippen LogP contribution in [0.3, 0.4) is 0 Å². The SMILES string of the molecule is CNC(CCN(C)C1CCCCC1O)c1ccccc1C. The molecule has 1 aliphatic carbocycles. The fourth-order valence-electron chi connectivity index (χ4n) is 3.54. The van der Waals surface area contributed by atoms with Gasteiger partial charge >= 0.3 is 0 Å². The lowest BCUT2D eigenvalue weighted by atomic mass is 9.91. The number of hydrogen-bond acceptors (Lipinski definition) is 3. The first-order valence-corrected chi connectivity index (χ1v) is 8.24. The van der Waals surface area contributed by atoms with Gasteiger partial charge in [0.15, 0.2) is 0 Å². The lowest BCUT2D eigenvalue weighted by molar-refractivity contribution is 0.0307. The van der Waals surface area contributed by atoms with Crippen LogP contribution in [0.5, 0.6) is 0 Å². The van der Waals surface area contributed by atoms with Crippen molar-refractivity contribution in [1.82, 2.24) is 10.2 Å². The molecule has 0 spiro atoms. The number of aryl methyl sites for hydroxylation is 1. The van der Waals surface area contributed by atoms with Gasteiger partial charge in [-0.3, -0.25) is 0 Å². The van der Waals surface area contributed by atoms with E-state index in [4.69, 9.17) is 0 Å². The number of hydrogen-bond donors (Lipinski definition) is 2. The zero-order valence-corrected chi connectivity index (χ0v) is 13.7. The van der Waals surface area contributed by atoms with Crippen molar-refractivity contribution < 1.29 is 5.11 Å². The van der Waals surface area contributed by atoms with Gasteiger partial charge in [0.1, 0.15) is 0 Å². The highest BCUT2D eigenvalue weighted by Gasteiger charge is 2.26. The third-order valence-corrected chi connectivity index (χ3v) is 4.94. The number of aliphatic hydroxyl groups excluding tert-OH is 1. The van der Waals surface area contributed by atoms with Crippen molar-refractivity contribution in [2.45, 2.75) is 57.2 Å². The summed E-state index contributed by atoms with van der Waals surface area (Å²) in [7, 11) is 4.19. The van der Waals surface area contributed by atoms with E-state index in [2.05, 4.69) is 48.5 Å². The maximum atomic E-state index is 10.2. The number of rotatable bonds is 6. The van der Waals surface area contributed by atoms with Crippen molar-refractivity contribution in [3.63, 3.8) is 0 Å². The highest BCUT2D eigenvalue weighted by atomic mass is 16.3. The molecule has 3 unspecified atom stereocenters. The van der Waals surface area contributed by atoms with Gasteiger partial charge in [-0.05, 0) is 51.4 Å². The third kappa shape index (κ3) is 4.29. The van der Waals surface area contributed by atoms with E-state index in [-0.39, 0.29) is 6.10 Å². The zero-order chi connectivity index (χ0) is 15.2. The second-order valence-corrected chi connectivity index (χ2v) is 6.39. The van der Waals surface area contributed by atoms with Gasteiger partial charge in [-0.15, -0.1) is 0 Å². The lowest BCUT2D eigenvalue weighted by Crippen LogP contribution is -2.44. The van der Waals surface area contributed by atoms with Crippen LogP contribution >= 0.6 is 0 Å². The second-order valence-electron chi connectivity index (χ2n) is 6.39. The Balaban J connectivity index is 1.92. The van der Waals surface area contributed by atoms with Gasteiger partial charge in [0.25, 0.3) is 0 Å². The van der Waals surface area contributed by atoms with E-state index in [1.54, 1.807) is 0 Å². The van der Waals surface area contributed by atoms with E-state index in [1.165, 1.54) is 24.0 Å². The Hall–Kier alpha value is -0.900. The van der Waals surface area contributed by atoms with Gasteiger partial charge in [0.05, 0.1) is 6.10 Å². The minimum atomic E-state index is -0.143. The highest BCUT2D eigenvalue weighted by molar-refractivity contribution is 5.28. The summed E-state index contributed by atoms with van der Waals surface area (Å²) >= 11 is 0. The maximum Gasteiger partial charge on any atom is 0.0695 e. The Labute approximate surface area is 129 Å². The fourth-order valence-corrected chi connectivity index (χ4v) is 3.54. The van der Waals surface area contributed by atoms with Crippen LogP contribution < -0.4 is 5.32 Å². The summed E-state index contributed by atoms with van der Waals surface area (Å²) in [5.74, 6) is 0. The van der Waals surface area contributed by atoms with Gasteiger partial charge in [-0.25, -0.2) is 0 Å². The van der Waals surface area contributed by atoms with Crippen molar-refractivity contribution in [2.75, 3.05) is 20.6 Å². The van der Waals surface area contributed by atoms with E-state index >= 15 is 0 Å². The summed E-state index contributed by atoms with van der Waals surface area (Å²) in [6.45, 7) is 3.19. The molecule has 2 rings (SSSR count). The van der Waals surface area contributed by atoms with Gasteiger partial charge in [-0.2, -0.15) is 0 Å². The lowest BCUT2D eigenvalue weighted by Gasteiger charge is -2.36. The molecule has 21 heavy (non-hydrogen) atoms. The maximum absolute atomic E-state index is 10.2. The number of likely N-dealkylation sites (N-methyl/N-ethyl adjacent to an activating group) is 1. The molecule has 1 aromatic rings. The normalized spacial score (nSPS) is 24.2. The molecule has 0 aliphatic heterocycles. The first kappa shape index (κ1) is 16.5. The van der Waals surface area contributed by atoms with Gasteiger partial charge in [0.2, 0.25) is 0 Å². The van der Waals surface area contributed by atoms with Crippen molar-refractivity contribution in [1.29, 1.82) is 0 Å². The minimum Gasteiger partial charge on any atom is -0.391 e. The van der Waals surface area contributed by atoms with E-state index < -0.39 is 0 Å². The Kier molecular flexibility index (Phi) is 6.22. The van der Waals surface area contributed by atoms with Crippen molar-refractivity contribution >= 4 is 0 Å². The predicted octanol–water partition coefficient (Wildman–Crippen LogP) is 2.88.